The number of hydrogen-bond acceptors (Lipinski definition) is 4. The minimum absolute atomic E-state index is 0.0305. The fraction of sp³-hybridized carbons (Fsp3) is 0.176. The number of carbonyl (C=O) groups excluding carboxylic acids is 1. The van der Waals surface area contributed by atoms with Crippen molar-refractivity contribution in [3.63, 3.8) is 0 Å². The summed E-state index contributed by atoms with van der Waals surface area (Å²) in [5, 5.41) is 9.15. The quantitative estimate of drug-likeness (QED) is 0.759. The van der Waals surface area contributed by atoms with Gasteiger partial charge in [-0.15, -0.1) is 0 Å². The van der Waals surface area contributed by atoms with Crippen molar-refractivity contribution in [3.8, 4) is 6.07 Å². The van der Waals surface area contributed by atoms with Crippen LogP contribution in [0, 0.1) is 16.7 Å². The molecule has 0 unspecified atom stereocenters. The van der Waals surface area contributed by atoms with Gasteiger partial charge in [0.2, 0.25) is 0 Å². The Kier molecular flexibility index (Phi) is 4.16. The number of nitriles is 1. The van der Waals surface area contributed by atoms with Crippen LogP contribution in [0.25, 0.3) is 0 Å². The topological polar surface area (TPSA) is 75.0 Å². The number of benzene rings is 2. The molecule has 1 aliphatic carbocycles. The molecule has 122 valence electrons. The molecule has 0 N–H and O–H groups in total. The van der Waals surface area contributed by atoms with E-state index in [1.165, 1.54) is 24.3 Å². The number of carbonyl (C=O) groups is 1. The zero-order valence-electron chi connectivity index (χ0n) is 12.2. The zero-order valence-corrected chi connectivity index (χ0v) is 14.5. The first-order chi connectivity index (χ1) is 11.4. The van der Waals surface area contributed by atoms with Crippen molar-refractivity contribution in [3.05, 3.63) is 64.1 Å². The second-order valence-corrected chi connectivity index (χ2v) is 8.56. The van der Waals surface area contributed by atoms with Crippen LogP contribution in [0.4, 0.5) is 0 Å². The predicted octanol–water partition coefficient (Wildman–Crippen LogP) is 3.64. The van der Waals surface area contributed by atoms with E-state index in [9.17, 15) is 18.5 Å². The van der Waals surface area contributed by atoms with Gasteiger partial charge in [-0.3, -0.25) is 0 Å². The first-order valence-corrected chi connectivity index (χ1v) is 9.29. The third kappa shape index (κ3) is 2.51. The first-order valence-electron chi connectivity index (χ1n) is 6.99. The maximum atomic E-state index is 12.9. The summed E-state index contributed by atoms with van der Waals surface area (Å²) in [5.74, 6) is -0.751. The third-order valence-corrected chi connectivity index (χ3v) is 7.00. The van der Waals surface area contributed by atoms with E-state index >= 15 is 0 Å². The standard InChI is InChI=1S/C17H11Cl2NO3S/c18-12-4-6-14(7-5-12)24(22,23)16-15(17(16,9-20)10-21)11-2-1-3-13(19)8-11/h1-8,10,15-16H/t15-,16+,17-/m0/s1. The average Bonchev–Trinajstić information content (AvgIpc) is 3.26. The Hall–Kier alpha value is -1.87. The zero-order chi connectivity index (χ0) is 17.5. The number of halogens is 2. The van der Waals surface area contributed by atoms with Crippen molar-refractivity contribution in [2.75, 3.05) is 0 Å². The highest BCUT2D eigenvalue weighted by Crippen LogP contribution is 2.62. The largest absolute Gasteiger partial charge is 0.302 e. The van der Waals surface area contributed by atoms with Crippen LogP contribution in [0.5, 0.6) is 0 Å². The van der Waals surface area contributed by atoms with Crippen LogP contribution in [0.15, 0.2) is 53.4 Å². The molecule has 2 aromatic rings. The molecule has 3 atom stereocenters. The normalized spacial score (nSPS) is 25.7. The SMILES string of the molecule is N#C[C@@]1(C=O)[C@H](S(=O)(=O)c2ccc(Cl)cc2)[C@@H]1c1cccc(Cl)c1. The van der Waals surface area contributed by atoms with Crippen LogP contribution in [-0.2, 0) is 14.6 Å². The molecule has 1 aliphatic rings. The highest BCUT2D eigenvalue weighted by Gasteiger charge is 2.72. The van der Waals surface area contributed by atoms with E-state index in [1.54, 1.807) is 24.3 Å². The van der Waals surface area contributed by atoms with E-state index in [0.717, 1.165) is 0 Å². The van der Waals surface area contributed by atoms with E-state index in [4.69, 9.17) is 23.2 Å². The monoisotopic (exact) mass is 379 g/mol. The molecule has 4 nitrogen and oxygen atoms in total. The van der Waals surface area contributed by atoms with Crippen molar-refractivity contribution >= 4 is 39.3 Å². The van der Waals surface area contributed by atoms with Crippen LogP contribution < -0.4 is 0 Å². The summed E-state index contributed by atoms with van der Waals surface area (Å²) in [6.07, 6.45) is 0.427. The van der Waals surface area contributed by atoms with Gasteiger partial charge in [0.05, 0.1) is 11.0 Å². The number of sulfone groups is 1. The maximum absolute atomic E-state index is 12.9. The minimum Gasteiger partial charge on any atom is -0.302 e. The first kappa shape index (κ1) is 17.0. The molecule has 0 bridgehead atoms. The van der Waals surface area contributed by atoms with Crippen LogP contribution >= 0.6 is 23.2 Å². The summed E-state index contributed by atoms with van der Waals surface area (Å²) in [4.78, 5) is 11.6. The Balaban J connectivity index is 2.10. The van der Waals surface area contributed by atoms with Crippen LogP contribution in [0.1, 0.15) is 11.5 Å². The molecule has 7 heteroatoms. The fourth-order valence-electron chi connectivity index (χ4n) is 3.03. The summed E-state index contributed by atoms with van der Waals surface area (Å²) in [6, 6.07) is 14.1. The molecule has 0 aromatic heterocycles. The Morgan fingerprint density at radius 2 is 1.75 bits per heavy atom. The highest BCUT2D eigenvalue weighted by molar-refractivity contribution is 7.92. The predicted molar refractivity (Wildman–Crippen MR) is 90.7 cm³/mol. The van der Waals surface area contributed by atoms with Crippen molar-refractivity contribution in [2.45, 2.75) is 16.1 Å². The van der Waals surface area contributed by atoms with Gasteiger partial charge < -0.3 is 4.79 Å². The lowest BCUT2D eigenvalue weighted by molar-refractivity contribution is -0.110. The van der Waals surface area contributed by atoms with Gasteiger partial charge >= 0.3 is 0 Å². The molecule has 0 aliphatic heterocycles. The molecule has 1 fully saturated rings. The van der Waals surface area contributed by atoms with Gasteiger partial charge in [0.15, 0.2) is 9.84 Å². The number of hydrogen-bond donors (Lipinski definition) is 0. The Bertz CT molecular complexity index is 951. The summed E-state index contributed by atoms with van der Waals surface area (Å²) in [6.45, 7) is 0. The molecule has 2 aromatic carbocycles. The van der Waals surface area contributed by atoms with E-state index in [2.05, 4.69) is 0 Å². The Labute approximate surface area is 149 Å². The highest BCUT2D eigenvalue weighted by atomic mass is 35.5. The Morgan fingerprint density at radius 3 is 2.29 bits per heavy atom. The van der Waals surface area contributed by atoms with E-state index in [-0.39, 0.29) is 4.90 Å². The van der Waals surface area contributed by atoms with Gasteiger partial charge in [-0.2, -0.15) is 5.26 Å². The molecule has 0 spiro atoms. The van der Waals surface area contributed by atoms with Crippen molar-refractivity contribution in [1.29, 1.82) is 5.26 Å². The maximum Gasteiger partial charge on any atom is 0.183 e. The molecular weight excluding hydrogens is 369 g/mol. The van der Waals surface area contributed by atoms with Gasteiger partial charge in [0.1, 0.15) is 17.0 Å². The number of rotatable bonds is 4. The smallest absolute Gasteiger partial charge is 0.183 e. The molecule has 0 radical (unpaired) electrons. The minimum atomic E-state index is -3.88. The van der Waals surface area contributed by atoms with E-state index < -0.39 is 26.4 Å². The summed E-state index contributed by atoms with van der Waals surface area (Å²) >= 11 is 11.7. The van der Waals surface area contributed by atoms with Crippen LogP contribution in [0.3, 0.4) is 0 Å². The molecule has 0 heterocycles. The number of nitrogens with zero attached hydrogens (tertiary/aromatic N) is 1. The summed E-state index contributed by atoms with van der Waals surface area (Å²) in [7, 11) is -3.88. The van der Waals surface area contributed by atoms with Gasteiger partial charge in [-0.05, 0) is 42.0 Å². The average molecular weight is 380 g/mol. The second kappa shape index (κ2) is 5.89. The van der Waals surface area contributed by atoms with E-state index in [0.29, 0.717) is 21.9 Å². The molecule has 1 saturated carbocycles. The summed E-state index contributed by atoms with van der Waals surface area (Å²) in [5.41, 5.74) is -1.05. The molecule has 3 rings (SSSR count). The van der Waals surface area contributed by atoms with Crippen molar-refractivity contribution in [2.24, 2.45) is 5.41 Å². The van der Waals surface area contributed by atoms with Crippen molar-refractivity contribution < 1.29 is 13.2 Å². The second-order valence-electron chi connectivity index (χ2n) is 5.61. The molecular formula is C17H11Cl2NO3S. The van der Waals surface area contributed by atoms with Gasteiger partial charge in [-0.1, -0.05) is 35.3 Å². The lowest BCUT2D eigenvalue weighted by Gasteiger charge is -2.04. The van der Waals surface area contributed by atoms with E-state index in [1.807, 2.05) is 6.07 Å². The third-order valence-electron chi connectivity index (χ3n) is 4.25. The fourth-order valence-corrected chi connectivity index (χ4v) is 5.60. The van der Waals surface area contributed by atoms with Crippen molar-refractivity contribution in [1.82, 2.24) is 0 Å². The molecule has 0 saturated heterocycles. The lowest BCUT2D eigenvalue weighted by atomic mass is 10.0. The van der Waals surface area contributed by atoms with Gasteiger partial charge in [-0.25, -0.2) is 8.42 Å². The molecule has 0 amide bonds. The number of aldehydes is 1. The van der Waals surface area contributed by atoms with Crippen LogP contribution in [-0.4, -0.2) is 20.0 Å². The lowest BCUT2D eigenvalue weighted by Crippen LogP contribution is -2.16. The van der Waals surface area contributed by atoms with Gasteiger partial charge in [0.25, 0.3) is 0 Å². The molecule has 24 heavy (non-hydrogen) atoms. The Morgan fingerprint density at radius 1 is 1.08 bits per heavy atom. The summed E-state index contributed by atoms with van der Waals surface area (Å²) < 4.78 is 25.8. The van der Waals surface area contributed by atoms with Gasteiger partial charge in [0, 0.05) is 16.0 Å². The van der Waals surface area contributed by atoms with Crippen LogP contribution in [0.2, 0.25) is 10.0 Å².